The van der Waals surface area contributed by atoms with Crippen molar-refractivity contribution in [3.8, 4) is 0 Å². The number of halogens is 3. The second kappa shape index (κ2) is 9.14. The maximum Gasteiger partial charge on any atom is 0.0458 e. The summed E-state index contributed by atoms with van der Waals surface area (Å²) >= 11 is 3.60. The Morgan fingerprint density at radius 3 is 2.64 bits per heavy atom. The number of rotatable bonds is 4. The van der Waals surface area contributed by atoms with Crippen LogP contribution >= 0.6 is 40.7 Å². The molecule has 3 rings (SSSR count). The summed E-state index contributed by atoms with van der Waals surface area (Å²) in [5.41, 5.74) is 2.68. The van der Waals surface area contributed by atoms with E-state index >= 15 is 0 Å². The van der Waals surface area contributed by atoms with Gasteiger partial charge in [-0.2, -0.15) is 0 Å². The predicted molar refractivity (Wildman–Crippen MR) is 103 cm³/mol. The van der Waals surface area contributed by atoms with Gasteiger partial charge in [0, 0.05) is 53.8 Å². The van der Waals surface area contributed by atoms with E-state index in [1.54, 1.807) is 0 Å². The second-order valence-corrected chi connectivity index (χ2v) is 6.44. The largest absolute Gasteiger partial charge is 0.361 e. The Morgan fingerprint density at radius 2 is 1.95 bits per heavy atom. The van der Waals surface area contributed by atoms with E-state index in [4.69, 9.17) is 0 Å². The Morgan fingerprint density at radius 1 is 1.23 bits per heavy atom. The number of hydrogen-bond acceptors (Lipinski definition) is 2. The molecule has 0 unspecified atom stereocenters. The van der Waals surface area contributed by atoms with Gasteiger partial charge in [0.15, 0.2) is 0 Å². The van der Waals surface area contributed by atoms with Crippen molar-refractivity contribution < 1.29 is 0 Å². The molecule has 1 fully saturated rings. The number of aromatic amines is 1. The molecular weight excluding hydrogens is 385 g/mol. The van der Waals surface area contributed by atoms with E-state index in [9.17, 15) is 0 Å². The lowest BCUT2D eigenvalue weighted by Gasteiger charge is -2.35. The number of nitrogens with zero attached hydrogens (tertiary/aromatic N) is 1. The molecule has 0 radical (unpaired) electrons. The fourth-order valence-electron chi connectivity index (χ4n) is 3.19. The molecule has 0 spiro atoms. The van der Waals surface area contributed by atoms with Gasteiger partial charge in [0.25, 0.3) is 0 Å². The van der Waals surface area contributed by atoms with Crippen molar-refractivity contribution in [2.24, 2.45) is 0 Å². The number of fused-ring (bicyclic) bond motifs is 1. The minimum atomic E-state index is 0. The van der Waals surface area contributed by atoms with Gasteiger partial charge < -0.3 is 10.3 Å². The highest BCUT2D eigenvalue weighted by molar-refractivity contribution is 9.10. The molecule has 6 heteroatoms. The molecule has 1 aliphatic heterocycles. The summed E-state index contributed by atoms with van der Waals surface area (Å²) in [7, 11) is 0. The number of aromatic nitrogens is 1. The predicted octanol–water partition coefficient (Wildman–Crippen LogP) is 4.52. The second-order valence-electron chi connectivity index (χ2n) is 5.52. The van der Waals surface area contributed by atoms with Gasteiger partial charge in [0.1, 0.15) is 0 Å². The van der Waals surface area contributed by atoms with Crippen LogP contribution in [0, 0.1) is 0 Å². The van der Waals surface area contributed by atoms with Gasteiger partial charge in [-0.05, 0) is 30.2 Å². The van der Waals surface area contributed by atoms with Crippen LogP contribution in [0.4, 0.5) is 0 Å². The molecule has 1 aromatic carbocycles. The van der Waals surface area contributed by atoms with Crippen LogP contribution in [0.5, 0.6) is 0 Å². The van der Waals surface area contributed by atoms with Crippen molar-refractivity contribution in [2.45, 2.75) is 25.8 Å². The van der Waals surface area contributed by atoms with Crippen molar-refractivity contribution in [3.63, 3.8) is 0 Å². The highest BCUT2D eigenvalue weighted by Crippen LogP contribution is 2.33. The van der Waals surface area contributed by atoms with Gasteiger partial charge in [-0.1, -0.05) is 29.3 Å². The summed E-state index contributed by atoms with van der Waals surface area (Å²) in [5, 5.41) is 4.80. The first kappa shape index (κ1) is 19.8. The number of hydrogen-bond donors (Lipinski definition) is 2. The molecule has 1 aromatic heterocycles. The van der Waals surface area contributed by atoms with E-state index in [1.165, 1.54) is 29.3 Å². The van der Waals surface area contributed by atoms with Crippen LogP contribution in [0.1, 0.15) is 31.4 Å². The van der Waals surface area contributed by atoms with E-state index in [1.807, 2.05) is 0 Å². The average molecular weight is 409 g/mol. The Hall–Kier alpha value is -0.260. The van der Waals surface area contributed by atoms with E-state index in [-0.39, 0.29) is 24.8 Å². The molecule has 0 bridgehead atoms. The SMILES string of the molecule is CCC[C@@H](c1c[nH]c2ccc(Br)cc12)N1CCNCC1.Cl.Cl. The van der Waals surface area contributed by atoms with E-state index < -0.39 is 0 Å². The first-order valence-corrected chi connectivity index (χ1v) is 8.30. The van der Waals surface area contributed by atoms with Gasteiger partial charge in [0.2, 0.25) is 0 Å². The van der Waals surface area contributed by atoms with Crippen molar-refractivity contribution in [1.29, 1.82) is 0 Å². The lowest BCUT2D eigenvalue weighted by molar-refractivity contribution is 0.165. The Balaban J connectivity index is 0.00000121. The van der Waals surface area contributed by atoms with Crippen LogP contribution in [-0.2, 0) is 0 Å². The lowest BCUT2D eigenvalue weighted by atomic mass is 9.99. The van der Waals surface area contributed by atoms with Crippen LogP contribution in [0.3, 0.4) is 0 Å². The van der Waals surface area contributed by atoms with Crippen molar-refractivity contribution in [3.05, 3.63) is 34.4 Å². The lowest BCUT2D eigenvalue weighted by Crippen LogP contribution is -2.45. The van der Waals surface area contributed by atoms with Crippen molar-refractivity contribution in [2.75, 3.05) is 26.2 Å². The van der Waals surface area contributed by atoms with Gasteiger partial charge in [-0.3, -0.25) is 4.90 Å². The molecule has 0 saturated carbocycles. The number of benzene rings is 1. The highest BCUT2D eigenvalue weighted by atomic mass is 79.9. The molecule has 0 amide bonds. The molecule has 1 saturated heterocycles. The van der Waals surface area contributed by atoms with Crippen molar-refractivity contribution >= 4 is 51.6 Å². The molecule has 22 heavy (non-hydrogen) atoms. The zero-order chi connectivity index (χ0) is 13.9. The Labute approximate surface area is 153 Å². The van der Waals surface area contributed by atoms with E-state index in [2.05, 4.69) is 62.5 Å². The molecule has 3 nitrogen and oxygen atoms in total. The minimum absolute atomic E-state index is 0. The van der Waals surface area contributed by atoms with Crippen LogP contribution < -0.4 is 5.32 Å². The average Bonchev–Trinajstić information content (AvgIpc) is 2.88. The van der Waals surface area contributed by atoms with Crippen molar-refractivity contribution in [1.82, 2.24) is 15.2 Å². The fraction of sp³-hybridized carbons (Fsp3) is 0.500. The smallest absolute Gasteiger partial charge is 0.0458 e. The molecule has 124 valence electrons. The summed E-state index contributed by atoms with van der Waals surface area (Å²) in [6, 6.07) is 7.03. The summed E-state index contributed by atoms with van der Waals surface area (Å²) in [6.07, 6.45) is 4.65. The summed E-state index contributed by atoms with van der Waals surface area (Å²) in [4.78, 5) is 6.06. The summed E-state index contributed by atoms with van der Waals surface area (Å²) < 4.78 is 1.15. The topological polar surface area (TPSA) is 31.1 Å². The van der Waals surface area contributed by atoms with Gasteiger partial charge in [0.05, 0.1) is 0 Å². The highest BCUT2D eigenvalue weighted by Gasteiger charge is 2.23. The van der Waals surface area contributed by atoms with Gasteiger partial charge >= 0.3 is 0 Å². The maximum absolute atomic E-state index is 3.60. The van der Waals surface area contributed by atoms with Gasteiger partial charge in [-0.15, -0.1) is 24.8 Å². The monoisotopic (exact) mass is 407 g/mol. The number of H-pyrrole nitrogens is 1. The standard InChI is InChI=1S/C16H22BrN3.2ClH/c1-2-3-16(20-8-6-18-7-9-20)14-11-19-15-5-4-12(17)10-13(14)15;;/h4-5,10-11,16,18-19H,2-3,6-9H2,1H3;2*1H/t16-;;/m0../s1. The molecule has 2 aromatic rings. The number of piperazine rings is 1. The quantitative estimate of drug-likeness (QED) is 0.778. The van der Waals surface area contributed by atoms with E-state index in [0.717, 1.165) is 30.7 Å². The fourth-order valence-corrected chi connectivity index (χ4v) is 3.55. The maximum atomic E-state index is 3.60. The summed E-state index contributed by atoms with van der Waals surface area (Å²) in [6.45, 7) is 6.77. The van der Waals surface area contributed by atoms with Crippen LogP contribution in [0.2, 0.25) is 0 Å². The Kier molecular flexibility index (Phi) is 8.22. The zero-order valence-corrected chi connectivity index (χ0v) is 16.0. The number of nitrogens with one attached hydrogen (secondary N) is 2. The molecular formula is C16H24BrCl2N3. The molecule has 2 N–H and O–H groups in total. The minimum Gasteiger partial charge on any atom is -0.361 e. The molecule has 0 aliphatic carbocycles. The summed E-state index contributed by atoms with van der Waals surface area (Å²) in [5.74, 6) is 0. The van der Waals surface area contributed by atoms with Crippen LogP contribution in [0.15, 0.2) is 28.9 Å². The van der Waals surface area contributed by atoms with E-state index in [0.29, 0.717) is 6.04 Å². The third-order valence-corrected chi connectivity index (χ3v) is 4.68. The van der Waals surface area contributed by atoms with Gasteiger partial charge in [-0.25, -0.2) is 0 Å². The van der Waals surface area contributed by atoms with Crippen LogP contribution in [-0.4, -0.2) is 36.1 Å². The molecule has 2 heterocycles. The first-order valence-electron chi connectivity index (χ1n) is 7.51. The zero-order valence-electron chi connectivity index (χ0n) is 12.8. The normalized spacial score (nSPS) is 16.8. The third-order valence-electron chi connectivity index (χ3n) is 4.19. The molecule has 1 aliphatic rings. The molecule has 1 atom stereocenters. The Bertz CT molecular complexity index is 582. The first-order chi connectivity index (χ1) is 9.79. The third kappa shape index (κ3) is 4.18. The van der Waals surface area contributed by atoms with Crippen LogP contribution in [0.25, 0.3) is 10.9 Å².